The molecule has 19 heavy (non-hydrogen) atoms. The number of benzene rings is 1. The average molecular weight is 260 g/mol. The average Bonchev–Trinajstić information content (AvgIpc) is 3.03. The van der Waals surface area contributed by atoms with Crippen molar-refractivity contribution in [2.24, 2.45) is 5.41 Å². The fourth-order valence-corrected chi connectivity index (χ4v) is 3.19. The van der Waals surface area contributed by atoms with Crippen molar-refractivity contribution in [1.29, 1.82) is 0 Å². The van der Waals surface area contributed by atoms with Crippen LogP contribution in [-0.4, -0.2) is 42.1 Å². The zero-order valence-electron chi connectivity index (χ0n) is 11.1. The minimum atomic E-state index is 0.203. The van der Waals surface area contributed by atoms with Crippen LogP contribution in [0.2, 0.25) is 0 Å². The smallest absolute Gasteiger partial charge is 0.227 e. The van der Waals surface area contributed by atoms with E-state index in [1.807, 2.05) is 17.0 Å². The molecule has 4 nitrogen and oxygen atoms in total. The van der Waals surface area contributed by atoms with Gasteiger partial charge >= 0.3 is 0 Å². The Hall–Kier alpha value is -1.55. The second-order valence-corrected chi connectivity index (χ2v) is 5.84. The maximum Gasteiger partial charge on any atom is 0.227 e. The molecule has 0 aliphatic carbocycles. The molecule has 2 heterocycles. The van der Waals surface area contributed by atoms with E-state index in [-0.39, 0.29) is 11.7 Å². The second kappa shape index (κ2) is 4.85. The number of hydrogen-bond donors (Lipinski definition) is 2. The molecule has 2 fully saturated rings. The molecule has 1 spiro atoms. The zero-order valence-corrected chi connectivity index (χ0v) is 11.1. The minimum Gasteiger partial charge on any atom is -0.508 e. The van der Waals surface area contributed by atoms with Crippen molar-refractivity contribution in [2.75, 3.05) is 26.2 Å². The van der Waals surface area contributed by atoms with Gasteiger partial charge in [0.05, 0.1) is 6.42 Å². The molecule has 2 aliphatic heterocycles. The van der Waals surface area contributed by atoms with Crippen LogP contribution in [0.1, 0.15) is 18.4 Å². The lowest BCUT2D eigenvalue weighted by Gasteiger charge is -2.22. The number of rotatable bonds is 2. The van der Waals surface area contributed by atoms with Gasteiger partial charge < -0.3 is 15.3 Å². The number of likely N-dealkylation sites (tertiary alicyclic amines) is 1. The first kappa shape index (κ1) is 12.5. The summed E-state index contributed by atoms with van der Waals surface area (Å²) in [6.07, 6.45) is 2.75. The summed E-state index contributed by atoms with van der Waals surface area (Å²) >= 11 is 0. The van der Waals surface area contributed by atoms with Gasteiger partial charge in [0.2, 0.25) is 5.91 Å². The van der Waals surface area contributed by atoms with Crippen molar-refractivity contribution in [2.45, 2.75) is 19.3 Å². The molecule has 2 aliphatic rings. The van der Waals surface area contributed by atoms with Crippen LogP contribution in [0.4, 0.5) is 0 Å². The van der Waals surface area contributed by atoms with Crippen LogP contribution < -0.4 is 5.32 Å². The highest BCUT2D eigenvalue weighted by Gasteiger charge is 2.41. The summed E-state index contributed by atoms with van der Waals surface area (Å²) in [5, 5.41) is 12.6. The maximum atomic E-state index is 12.3. The van der Waals surface area contributed by atoms with Gasteiger partial charge in [0.15, 0.2) is 0 Å². The van der Waals surface area contributed by atoms with Crippen LogP contribution >= 0.6 is 0 Å². The minimum absolute atomic E-state index is 0.203. The van der Waals surface area contributed by atoms with Gasteiger partial charge in [-0.25, -0.2) is 0 Å². The largest absolute Gasteiger partial charge is 0.508 e. The fourth-order valence-electron chi connectivity index (χ4n) is 3.19. The normalized spacial score (nSPS) is 26.2. The molecule has 0 radical (unpaired) electrons. The molecular formula is C15H20N2O2. The maximum absolute atomic E-state index is 12.3. The van der Waals surface area contributed by atoms with E-state index in [0.29, 0.717) is 11.8 Å². The van der Waals surface area contributed by atoms with E-state index < -0.39 is 0 Å². The molecule has 0 saturated carbocycles. The van der Waals surface area contributed by atoms with Crippen LogP contribution in [0.3, 0.4) is 0 Å². The first-order valence-electron chi connectivity index (χ1n) is 6.93. The van der Waals surface area contributed by atoms with Crippen molar-refractivity contribution in [3.8, 4) is 5.75 Å². The summed E-state index contributed by atoms with van der Waals surface area (Å²) in [4.78, 5) is 14.3. The predicted octanol–water partition coefficient (Wildman–Crippen LogP) is 1.15. The van der Waals surface area contributed by atoms with Crippen LogP contribution in [0, 0.1) is 5.41 Å². The molecule has 1 unspecified atom stereocenters. The fraction of sp³-hybridized carbons (Fsp3) is 0.533. The third-order valence-electron chi connectivity index (χ3n) is 4.41. The molecule has 2 N–H and O–H groups in total. The van der Waals surface area contributed by atoms with E-state index in [1.165, 1.54) is 6.42 Å². The number of aromatic hydroxyl groups is 1. The van der Waals surface area contributed by atoms with Crippen LogP contribution in [0.5, 0.6) is 5.75 Å². The van der Waals surface area contributed by atoms with E-state index in [9.17, 15) is 9.90 Å². The van der Waals surface area contributed by atoms with Crippen molar-refractivity contribution in [1.82, 2.24) is 10.2 Å². The first-order valence-corrected chi connectivity index (χ1v) is 6.93. The standard InChI is InChI=1S/C15H20N2O2/c18-13-3-1-12(2-4-13)9-14(19)17-8-6-15(11-17)5-7-16-10-15/h1-4,16,18H,5-11H2. The summed E-state index contributed by atoms with van der Waals surface area (Å²) in [5.41, 5.74) is 1.30. The number of amides is 1. The highest BCUT2D eigenvalue weighted by atomic mass is 16.3. The third-order valence-corrected chi connectivity index (χ3v) is 4.41. The van der Waals surface area contributed by atoms with Crippen molar-refractivity contribution < 1.29 is 9.90 Å². The Morgan fingerprint density at radius 3 is 2.79 bits per heavy atom. The Morgan fingerprint density at radius 2 is 2.11 bits per heavy atom. The third kappa shape index (κ3) is 2.59. The molecule has 1 aromatic carbocycles. The molecular weight excluding hydrogens is 240 g/mol. The van der Waals surface area contributed by atoms with E-state index >= 15 is 0 Å². The molecule has 0 bridgehead atoms. The summed E-state index contributed by atoms with van der Waals surface area (Å²) < 4.78 is 0. The monoisotopic (exact) mass is 260 g/mol. The van der Waals surface area contributed by atoms with Gasteiger partial charge in [0, 0.05) is 25.0 Å². The summed E-state index contributed by atoms with van der Waals surface area (Å²) in [5.74, 6) is 0.447. The second-order valence-electron chi connectivity index (χ2n) is 5.84. The van der Waals surface area contributed by atoms with Gasteiger partial charge in [0.25, 0.3) is 0 Å². The van der Waals surface area contributed by atoms with Gasteiger partial charge in [0.1, 0.15) is 5.75 Å². The van der Waals surface area contributed by atoms with Crippen LogP contribution in [0.15, 0.2) is 24.3 Å². The number of nitrogens with one attached hydrogen (secondary N) is 1. The Kier molecular flexibility index (Phi) is 3.19. The van der Waals surface area contributed by atoms with Crippen molar-refractivity contribution in [3.63, 3.8) is 0 Å². The molecule has 102 valence electrons. The molecule has 3 rings (SSSR count). The van der Waals surface area contributed by atoms with Gasteiger partial charge in [-0.05, 0) is 37.1 Å². The lowest BCUT2D eigenvalue weighted by molar-refractivity contribution is -0.129. The summed E-state index contributed by atoms with van der Waals surface area (Å²) in [7, 11) is 0. The molecule has 1 amide bonds. The number of carbonyl (C=O) groups is 1. The summed E-state index contributed by atoms with van der Waals surface area (Å²) in [6.45, 7) is 3.92. The van der Waals surface area contributed by atoms with Gasteiger partial charge in [-0.3, -0.25) is 4.79 Å². The molecule has 1 aromatic rings. The van der Waals surface area contributed by atoms with Gasteiger partial charge in [-0.2, -0.15) is 0 Å². The topological polar surface area (TPSA) is 52.6 Å². The van der Waals surface area contributed by atoms with Gasteiger partial charge in [-0.1, -0.05) is 12.1 Å². The zero-order chi connectivity index (χ0) is 13.3. The lowest BCUT2D eigenvalue weighted by Crippen LogP contribution is -2.34. The number of nitrogens with zero attached hydrogens (tertiary/aromatic N) is 1. The van der Waals surface area contributed by atoms with E-state index in [1.54, 1.807) is 12.1 Å². The Balaban J connectivity index is 1.61. The van der Waals surface area contributed by atoms with Crippen LogP contribution in [0.25, 0.3) is 0 Å². The Labute approximate surface area is 113 Å². The quantitative estimate of drug-likeness (QED) is 0.838. The highest BCUT2D eigenvalue weighted by Crippen LogP contribution is 2.36. The molecule has 0 aromatic heterocycles. The van der Waals surface area contributed by atoms with E-state index in [0.717, 1.165) is 38.2 Å². The van der Waals surface area contributed by atoms with Crippen LogP contribution in [-0.2, 0) is 11.2 Å². The summed E-state index contributed by atoms with van der Waals surface area (Å²) in [6, 6.07) is 6.90. The Morgan fingerprint density at radius 1 is 1.32 bits per heavy atom. The molecule has 2 saturated heterocycles. The number of phenolic OH excluding ortho intramolecular Hbond substituents is 1. The SMILES string of the molecule is O=C(Cc1ccc(O)cc1)N1CCC2(CCNC2)C1. The number of carbonyl (C=O) groups excluding carboxylic acids is 1. The van der Waals surface area contributed by atoms with Crippen molar-refractivity contribution in [3.05, 3.63) is 29.8 Å². The molecule has 4 heteroatoms. The Bertz CT molecular complexity index is 464. The van der Waals surface area contributed by atoms with Gasteiger partial charge in [-0.15, -0.1) is 0 Å². The number of phenols is 1. The molecule has 1 atom stereocenters. The van der Waals surface area contributed by atoms with Crippen molar-refractivity contribution >= 4 is 5.91 Å². The van der Waals surface area contributed by atoms with E-state index in [2.05, 4.69) is 5.32 Å². The van der Waals surface area contributed by atoms with E-state index in [4.69, 9.17) is 0 Å². The highest BCUT2D eigenvalue weighted by molar-refractivity contribution is 5.79. The first-order chi connectivity index (χ1) is 9.17. The lowest BCUT2D eigenvalue weighted by atomic mass is 9.86. The predicted molar refractivity (Wildman–Crippen MR) is 72.9 cm³/mol. The number of hydrogen-bond acceptors (Lipinski definition) is 3.